The van der Waals surface area contributed by atoms with Gasteiger partial charge < -0.3 is 0 Å². The zero-order chi connectivity index (χ0) is 11.1. The van der Waals surface area contributed by atoms with Crippen LogP contribution in [0.1, 0.15) is 28.0 Å². The number of hydrogen-bond donors (Lipinski definition) is 0. The number of benzene rings is 1. The number of hydrogen-bond acceptors (Lipinski definition) is 3. The number of fused-ring (bicyclic) bond motifs is 1. The van der Waals surface area contributed by atoms with Crippen LogP contribution in [0, 0.1) is 6.92 Å². The van der Waals surface area contributed by atoms with Crippen LogP contribution in [-0.2, 0) is 6.42 Å². The normalized spacial score (nSPS) is 14.2. The Morgan fingerprint density at radius 2 is 2.19 bits per heavy atom. The average Bonchev–Trinajstić information content (AvgIpc) is 2.86. The Morgan fingerprint density at radius 3 is 2.94 bits per heavy atom. The predicted octanol–water partition coefficient (Wildman–Crippen LogP) is 3.25. The van der Waals surface area contributed by atoms with Gasteiger partial charge in [0.15, 0.2) is 5.78 Å². The van der Waals surface area contributed by atoms with Gasteiger partial charge in [-0.05, 0) is 25.0 Å². The summed E-state index contributed by atoms with van der Waals surface area (Å²) in [6.07, 6.45) is 1.54. The summed E-state index contributed by atoms with van der Waals surface area (Å²) in [5.74, 6) is 0.275. The third kappa shape index (κ3) is 1.48. The van der Waals surface area contributed by atoms with Crippen molar-refractivity contribution in [3.8, 4) is 10.6 Å². The van der Waals surface area contributed by atoms with E-state index < -0.39 is 0 Å². The number of aromatic nitrogens is 1. The van der Waals surface area contributed by atoms with Gasteiger partial charge in [-0.1, -0.05) is 12.1 Å². The number of thiazole rings is 1. The van der Waals surface area contributed by atoms with Crippen LogP contribution < -0.4 is 0 Å². The zero-order valence-electron chi connectivity index (χ0n) is 8.99. The molecule has 0 spiro atoms. The van der Waals surface area contributed by atoms with Gasteiger partial charge in [0.25, 0.3) is 0 Å². The monoisotopic (exact) mass is 229 g/mol. The number of carbonyl (C=O) groups excluding carboxylic acids is 1. The number of nitrogens with zero attached hydrogens (tertiary/aromatic N) is 1. The summed E-state index contributed by atoms with van der Waals surface area (Å²) in [7, 11) is 0. The molecule has 1 heterocycles. The molecular weight excluding hydrogens is 218 g/mol. The number of ketones is 1. The van der Waals surface area contributed by atoms with Crippen molar-refractivity contribution in [2.24, 2.45) is 0 Å². The third-order valence-corrected chi connectivity index (χ3v) is 3.90. The SMILES string of the molecule is Cc1csc(-c2ccc3c(c2)CCC3=O)n1. The first kappa shape index (κ1) is 9.73. The Kier molecular flexibility index (Phi) is 2.14. The molecule has 1 aromatic carbocycles. The molecule has 0 amide bonds. The first-order chi connectivity index (χ1) is 7.74. The van der Waals surface area contributed by atoms with E-state index in [1.54, 1.807) is 11.3 Å². The van der Waals surface area contributed by atoms with Crippen LogP contribution in [0.4, 0.5) is 0 Å². The second-order valence-electron chi connectivity index (χ2n) is 4.09. The van der Waals surface area contributed by atoms with E-state index in [4.69, 9.17) is 0 Å². The molecule has 1 aliphatic carbocycles. The molecule has 16 heavy (non-hydrogen) atoms. The molecule has 80 valence electrons. The molecule has 0 bridgehead atoms. The van der Waals surface area contributed by atoms with Crippen LogP contribution in [0.25, 0.3) is 10.6 Å². The van der Waals surface area contributed by atoms with Crippen molar-refractivity contribution in [1.29, 1.82) is 0 Å². The molecule has 0 atom stereocenters. The lowest BCUT2D eigenvalue weighted by atomic mass is 10.1. The summed E-state index contributed by atoms with van der Waals surface area (Å²) in [6.45, 7) is 2.00. The molecule has 0 aliphatic heterocycles. The van der Waals surface area contributed by atoms with Crippen molar-refractivity contribution in [3.63, 3.8) is 0 Å². The van der Waals surface area contributed by atoms with Crippen LogP contribution >= 0.6 is 11.3 Å². The smallest absolute Gasteiger partial charge is 0.163 e. The van der Waals surface area contributed by atoms with Crippen molar-refractivity contribution in [2.45, 2.75) is 19.8 Å². The first-order valence-electron chi connectivity index (χ1n) is 5.32. The van der Waals surface area contributed by atoms with E-state index in [-0.39, 0.29) is 5.78 Å². The van der Waals surface area contributed by atoms with Gasteiger partial charge in [0.05, 0.1) is 0 Å². The highest BCUT2D eigenvalue weighted by atomic mass is 32.1. The quantitative estimate of drug-likeness (QED) is 0.751. The maximum Gasteiger partial charge on any atom is 0.163 e. The number of carbonyl (C=O) groups is 1. The predicted molar refractivity (Wildman–Crippen MR) is 64.9 cm³/mol. The van der Waals surface area contributed by atoms with E-state index in [0.29, 0.717) is 6.42 Å². The molecule has 1 aliphatic rings. The van der Waals surface area contributed by atoms with Gasteiger partial charge in [0.1, 0.15) is 5.01 Å². The highest BCUT2D eigenvalue weighted by Gasteiger charge is 2.19. The second kappa shape index (κ2) is 3.52. The van der Waals surface area contributed by atoms with Gasteiger partial charge in [0, 0.05) is 28.6 Å². The molecule has 2 aromatic rings. The fourth-order valence-corrected chi connectivity index (χ4v) is 2.87. The fraction of sp³-hybridized carbons (Fsp3) is 0.231. The maximum absolute atomic E-state index is 11.5. The van der Waals surface area contributed by atoms with Crippen molar-refractivity contribution in [2.75, 3.05) is 0 Å². The number of rotatable bonds is 1. The summed E-state index contributed by atoms with van der Waals surface area (Å²) >= 11 is 1.65. The molecule has 0 saturated carbocycles. The van der Waals surface area contributed by atoms with Crippen molar-refractivity contribution in [1.82, 2.24) is 4.98 Å². The van der Waals surface area contributed by atoms with E-state index in [0.717, 1.165) is 28.2 Å². The first-order valence-corrected chi connectivity index (χ1v) is 6.20. The lowest BCUT2D eigenvalue weighted by Gasteiger charge is -2.00. The molecule has 3 rings (SSSR count). The summed E-state index contributed by atoms with van der Waals surface area (Å²) in [6, 6.07) is 6.05. The molecule has 0 radical (unpaired) electrons. The Balaban J connectivity index is 2.08. The van der Waals surface area contributed by atoms with E-state index in [9.17, 15) is 4.79 Å². The maximum atomic E-state index is 11.5. The van der Waals surface area contributed by atoms with Crippen LogP contribution in [0.2, 0.25) is 0 Å². The summed E-state index contributed by atoms with van der Waals surface area (Å²) in [5, 5.41) is 3.09. The molecule has 1 aromatic heterocycles. The molecule has 0 fully saturated rings. The topological polar surface area (TPSA) is 30.0 Å². The van der Waals surface area contributed by atoms with Crippen LogP contribution in [-0.4, -0.2) is 10.8 Å². The minimum atomic E-state index is 0.275. The Morgan fingerprint density at radius 1 is 1.31 bits per heavy atom. The molecule has 0 saturated heterocycles. The van der Waals surface area contributed by atoms with Gasteiger partial charge >= 0.3 is 0 Å². The Hall–Kier alpha value is -1.48. The minimum Gasteiger partial charge on any atom is -0.294 e. The van der Waals surface area contributed by atoms with E-state index >= 15 is 0 Å². The summed E-state index contributed by atoms with van der Waals surface area (Å²) in [5.41, 5.74) is 4.26. The van der Waals surface area contributed by atoms with Gasteiger partial charge in [-0.3, -0.25) is 4.79 Å². The second-order valence-corrected chi connectivity index (χ2v) is 4.95. The Bertz CT molecular complexity index is 571. The highest BCUT2D eigenvalue weighted by Crippen LogP contribution is 2.29. The van der Waals surface area contributed by atoms with Gasteiger partial charge in [0.2, 0.25) is 0 Å². The molecule has 0 unspecified atom stereocenters. The lowest BCUT2D eigenvalue weighted by Crippen LogP contribution is -1.90. The zero-order valence-corrected chi connectivity index (χ0v) is 9.80. The fourth-order valence-electron chi connectivity index (χ4n) is 2.08. The standard InChI is InChI=1S/C13H11NOS/c1-8-7-16-13(14-8)10-2-4-11-9(6-10)3-5-12(11)15/h2,4,6-7H,3,5H2,1H3. The summed E-state index contributed by atoms with van der Waals surface area (Å²) < 4.78 is 0. The molecule has 3 heteroatoms. The highest BCUT2D eigenvalue weighted by molar-refractivity contribution is 7.13. The van der Waals surface area contributed by atoms with Gasteiger partial charge in [-0.25, -0.2) is 4.98 Å². The van der Waals surface area contributed by atoms with E-state index in [2.05, 4.69) is 11.1 Å². The van der Waals surface area contributed by atoms with Gasteiger partial charge in [-0.15, -0.1) is 11.3 Å². The summed E-state index contributed by atoms with van der Waals surface area (Å²) in [4.78, 5) is 16.0. The number of Topliss-reactive ketones (excluding diaryl/α,β-unsaturated/α-hetero) is 1. The van der Waals surface area contributed by atoms with Crippen LogP contribution in [0.15, 0.2) is 23.6 Å². The molecule has 2 nitrogen and oxygen atoms in total. The molecule has 0 N–H and O–H groups in total. The van der Waals surface area contributed by atoms with E-state index in [1.807, 2.05) is 24.4 Å². The van der Waals surface area contributed by atoms with Gasteiger partial charge in [-0.2, -0.15) is 0 Å². The van der Waals surface area contributed by atoms with Crippen LogP contribution in [0.3, 0.4) is 0 Å². The third-order valence-electron chi connectivity index (χ3n) is 2.89. The molecular formula is C13H11NOS. The van der Waals surface area contributed by atoms with E-state index in [1.165, 1.54) is 5.56 Å². The average molecular weight is 229 g/mol. The lowest BCUT2D eigenvalue weighted by molar-refractivity contribution is 0.0994. The van der Waals surface area contributed by atoms with Crippen molar-refractivity contribution < 1.29 is 4.79 Å². The Labute approximate surface area is 98.0 Å². The van der Waals surface area contributed by atoms with Crippen LogP contribution in [0.5, 0.6) is 0 Å². The number of aryl methyl sites for hydroxylation is 2. The minimum absolute atomic E-state index is 0.275. The largest absolute Gasteiger partial charge is 0.294 e. The van der Waals surface area contributed by atoms with Crippen molar-refractivity contribution >= 4 is 17.1 Å². The van der Waals surface area contributed by atoms with Crippen molar-refractivity contribution in [3.05, 3.63) is 40.4 Å².